The molecule has 2 aromatic rings. The predicted octanol–water partition coefficient (Wildman–Crippen LogP) is 2.95. The molecule has 0 aliphatic carbocycles. The second-order valence-electron chi connectivity index (χ2n) is 3.83. The quantitative estimate of drug-likeness (QED) is 0.876. The summed E-state index contributed by atoms with van der Waals surface area (Å²) in [5, 5.41) is 5.51. The Bertz CT molecular complexity index is 436. The molecule has 2 nitrogen and oxygen atoms in total. The first-order valence-corrected chi connectivity index (χ1v) is 6.30. The molecule has 0 spiro atoms. The molecule has 1 unspecified atom stereocenters. The number of nitrogens with zero attached hydrogens (tertiary/aromatic N) is 1. The predicted molar refractivity (Wildman–Crippen MR) is 68.8 cm³/mol. The van der Waals surface area contributed by atoms with Crippen LogP contribution < -0.4 is 5.32 Å². The van der Waals surface area contributed by atoms with Gasteiger partial charge in [-0.2, -0.15) is 0 Å². The first-order chi connectivity index (χ1) is 7.81. The fourth-order valence-electron chi connectivity index (χ4n) is 1.80. The van der Waals surface area contributed by atoms with Crippen LogP contribution in [-0.4, -0.2) is 12.0 Å². The Morgan fingerprint density at radius 3 is 2.81 bits per heavy atom. The highest BCUT2D eigenvalue weighted by Gasteiger charge is 2.13. The highest BCUT2D eigenvalue weighted by molar-refractivity contribution is 7.10. The Hall–Kier alpha value is -1.19. The Morgan fingerprint density at radius 1 is 1.38 bits per heavy atom. The van der Waals surface area contributed by atoms with Crippen LogP contribution in [0.4, 0.5) is 0 Å². The van der Waals surface area contributed by atoms with Gasteiger partial charge in [0.1, 0.15) is 0 Å². The van der Waals surface area contributed by atoms with Crippen molar-refractivity contribution in [1.82, 2.24) is 10.3 Å². The number of likely N-dealkylation sites (N-methyl/N-ethyl adjacent to an activating group) is 1. The van der Waals surface area contributed by atoms with Gasteiger partial charge in [-0.05, 0) is 43.1 Å². The van der Waals surface area contributed by atoms with E-state index in [9.17, 15) is 0 Å². The number of hydrogen-bond donors (Lipinski definition) is 1. The maximum Gasteiger partial charge on any atom is 0.0471 e. The average molecular weight is 232 g/mol. The fraction of sp³-hybridized carbons (Fsp3) is 0.308. The molecule has 2 aromatic heterocycles. The highest BCUT2D eigenvalue weighted by atomic mass is 32.1. The fourth-order valence-corrected chi connectivity index (χ4v) is 2.83. The van der Waals surface area contributed by atoms with Gasteiger partial charge in [0, 0.05) is 29.2 Å². The lowest BCUT2D eigenvalue weighted by atomic mass is 10.1. The molecule has 1 N–H and O–H groups in total. The maximum atomic E-state index is 4.37. The molecular weight excluding hydrogens is 216 g/mol. The normalized spacial score (nSPS) is 12.6. The molecule has 0 bridgehead atoms. The van der Waals surface area contributed by atoms with Gasteiger partial charge >= 0.3 is 0 Å². The van der Waals surface area contributed by atoms with Gasteiger partial charge in [0.2, 0.25) is 0 Å². The topological polar surface area (TPSA) is 24.9 Å². The van der Waals surface area contributed by atoms with Crippen molar-refractivity contribution >= 4 is 11.3 Å². The highest BCUT2D eigenvalue weighted by Crippen LogP contribution is 2.25. The van der Waals surface area contributed by atoms with Crippen LogP contribution in [0.2, 0.25) is 0 Å². The third-order valence-electron chi connectivity index (χ3n) is 2.71. The molecule has 0 radical (unpaired) electrons. The van der Waals surface area contributed by atoms with Crippen molar-refractivity contribution in [3.63, 3.8) is 0 Å². The minimum absolute atomic E-state index is 0.370. The standard InChI is InChI=1S/C13H16N2S/c1-10-6-8-16-13(10)12(14-2)9-11-5-3-4-7-15-11/h3-8,12,14H,9H2,1-2H3. The summed E-state index contributed by atoms with van der Waals surface area (Å²) in [6.45, 7) is 2.16. The Balaban J connectivity index is 2.16. The van der Waals surface area contributed by atoms with Crippen molar-refractivity contribution in [1.29, 1.82) is 0 Å². The zero-order valence-corrected chi connectivity index (χ0v) is 10.4. The van der Waals surface area contributed by atoms with Crippen LogP contribution in [0.5, 0.6) is 0 Å². The van der Waals surface area contributed by atoms with Crippen LogP contribution in [-0.2, 0) is 6.42 Å². The lowest BCUT2D eigenvalue weighted by Gasteiger charge is -2.15. The average Bonchev–Trinajstić information content (AvgIpc) is 2.74. The molecule has 0 aromatic carbocycles. The SMILES string of the molecule is CNC(Cc1ccccn1)c1sccc1C. The van der Waals surface area contributed by atoms with Gasteiger partial charge in [-0.15, -0.1) is 11.3 Å². The molecule has 0 amide bonds. The summed E-state index contributed by atoms with van der Waals surface area (Å²) >= 11 is 1.81. The molecule has 0 saturated heterocycles. The maximum absolute atomic E-state index is 4.37. The van der Waals surface area contributed by atoms with E-state index in [0.29, 0.717) is 6.04 Å². The van der Waals surface area contributed by atoms with Gasteiger partial charge in [0.05, 0.1) is 0 Å². The molecule has 0 fully saturated rings. The van der Waals surface area contributed by atoms with E-state index in [1.165, 1.54) is 10.4 Å². The largest absolute Gasteiger partial charge is 0.312 e. The third-order valence-corrected chi connectivity index (χ3v) is 3.84. The van der Waals surface area contributed by atoms with E-state index in [1.54, 1.807) is 0 Å². The summed E-state index contributed by atoms with van der Waals surface area (Å²) in [6, 6.07) is 8.61. The summed E-state index contributed by atoms with van der Waals surface area (Å²) in [4.78, 5) is 5.78. The Kier molecular flexibility index (Phi) is 3.70. The smallest absolute Gasteiger partial charge is 0.0471 e. The van der Waals surface area contributed by atoms with Crippen molar-refractivity contribution in [3.8, 4) is 0 Å². The zero-order chi connectivity index (χ0) is 11.4. The first-order valence-electron chi connectivity index (χ1n) is 5.42. The van der Waals surface area contributed by atoms with E-state index >= 15 is 0 Å². The van der Waals surface area contributed by atoms with Gasteiger partial charge < -0.3 is 5.32 Å². The second kappa shape index (κ2) is 5.23. The summed E-state index contributed by atoms with van der Waals surface area (Å²) in [6.07, 6.45) is 2.79. The third kappa shape index (κ3) is 2.49. The Morgan fingerprint density at radius 2 is 2.25 bits per heavy atom. The minimum Gasteiger partial charge on any atom is -0.312 e. The molecular formula is C13H16N2S. The van der Waals surface area contributed by atoms with Gasteiger partial charge in [-0.3, -0.25) is 4.98 Å². The molecule has 84 valence electrons. The van der Waals surface area contributed by atoms with Crippen LogP contribution in [0.25, 0.3) is 0 Å². The number of hydrogen-bond acceptors (Lipinski definition) is 3. The summed E-state index contributed by atoms with van der Waals surface area (Å²) in [7, 11) is 2.01. The number of rotatable bonds is 4. The van der Waals surface area contributed by atoms with Crippen LogP contribution in [0.3, 0.4) is 0 Å². The summed E-state index contributed by atoms with van der Waals surface area (Å²) in [5.74, 6) is 0. The molecule has 2 heterocycles. The van der Waals surface area contributed by atoms with E-state index in [-0.39, 0.29) is 0 Å². The van der Waals surface area contributed by atoms with Gasteiger partial charge in [-0.25, -0.2) is 0 Å². The minimum atomic E-state index is 0.370. The molecule has 0 aliphatic rings. The molecule has 3 heteroatoms. The Labute approximate surface area is 100 Å². The second-order valence-corrected chi connectivity index (χ2v) is 4.78. The number of thiophene rings is 1. The zero-order valence-electron chi connectivity index (χ0n) is 9.60. The van der Waals surface area contributed by atoms with Crippen molar-refractivity contribution < 1.29 is 0 Å². The van der Waals surface area contributed by atoms with E-state index in [1.807, 2.05) is 36.7 Å². The van der Waals surface area contributed by atoms with E-state index in [0.717, 1.165) is 12.1 Å². The van der Waals surface area contributed by atoms with E-state index in [4.69, 9.17) is 0 Å². The molecule has 2 rings (SSSR count). The van der Waals surface area contributed by atoms with Crippen LogP contribution in [0.15, 0.2) is 35.8 Å². The van der Waals surface area contributed by atoms with E-state index < -0.39 is 0 Å². The summed E-state index contributed by atoms with van der Waals surface area (Å²) < 4.78 is 0. The molecule has 16 heavy (non-hydrogen) atoms. The van der Waals surface area contributed by atoms with Gasteiger partial charge in [0.15, 0.2) is 0 Å². The van der Waals surface area contributed by atoms with E-state index in [2.05, 4.69) is 34.7 Å². The number of pyridine rings is 1. The van der Waals surface area contributed by atoms with Crippen molar-refractivity contribution in [2.24, 2.45) is 0 Å². The number of nitrogens with one attached hydrogen (secondary N) is 1. The van der Waals surface area contributed by atoms with Crippen LogP contribution in [0.1, 0.15) is 22.2 Å². The lowest BCUT2D eigenvalue weighted by molar-refractivity contribution is 0.591. The first kappa shape index (κ1) is 11.3. The molecule has 0 saturated carbocycles. The van der Waals surface area contributed by atoms with Gasteiger partial charge in [-0.1, -0.05) is 6.07 Å². The van der Waals surface area contributed by atoms with Crippen molar-refractivity contribution in [3.05, 3.63) is 52.0 Å². The van der Waals surface area contributed by atoms with Crippen molar-refractivity contribution in [2.75, 3.05) is 7.05 Å². The van der Waals surface area contributed by atoms with Gasteiger partial charge in [0.25, 0.3) is 0 Å². The lowest BCUT2D eigenvalue weighted by Crippen LogP contribution is -2.18. The van der Waals surface area contributed by atoms with Crippen LogP contribution in [0, 0.1) is 6.92 Å². The monoisotopic (exact) mass is 232 g/mol. The number of aromatic nitrogens is 1. The molecule has 0 aliphatic heterocycles. The van der Waals surface area contributed by atoms with Crippen molar-refractivity contribution in [2.45, 2.75) is 19.4 Å². The number of aryl methyl sites for hydroxylation is 1. The van der Waals surface area contributed by atoms with Crippen LogP contribution >= 0.6 is 11.3 Å². The summed E-state index contributed by atoms with van der Waals surface area (Å²) in [5.41, 5.74) is 2.50. The molecule has 1 atom stereocenters.